The molecule has 0 bridgehead atoms. The first kappa shape index (κ1) is 21.1. The molecule has 1 N–H and O–H groups in total. The quantitative estimate of drug-likeness (QED) is 0.662. The summed E-state index contributed by atoms with van der Waals surface area (Å²) < 4.78 is 0.842. The molecule has 1 aromatic heterocycles. The second-order valence-electron chi connectivity index (χ2n) is 7.49. The minimum atomic E-state index is -0.147. The van der Waals surface area contributed by atoms with E-state index in [1.165, 1.54) is 28.7 Å². The molecule has 8 heteroatoms. The second-order valence-corrected chi connectivity index (χ2v) is 10.1. The summed E-state index contributed by atoms with van der Waals surface area (Å²) in [5.74, 6) is 0.748. The number of amides is 1. The van der Waals surface area contributed by atoms with E-state index in [9.17, 15) is 4.79 Å². The average molecular weight is 420 g/mol. The molecule has 3 rings (SSSR count). The van der Waals surface area contributed by atoms with E-state index < -0.39 is 0 Å². The Morgan fingerprint density at radius 1 is 1.14 bits per heavy atom. The predicted octanol–water partition coefficient (Wildman–Crippen LogP) is 3.43. The van der Waals surface area contributed by atoms with Gasteiger partial charge in [0.2, 0.25) is 11.0 Å². The van der Waals surface area contributed by atoms with Gasteiger partial charge in [-0.2, -0.15) is 0 Å². The third-order valence-electron chi connectivity index (χ3n) is 4.63. The number of anilines is 1. The van der Waals surface area contributed by atoms with Crippen LogP contribution in [0.25, 0.3) is 0 Å². The van der Waals surface area contributed by atoms with Crippen LogP contribution < -0.4 is 5.32 Å². The zero-order chi connectivity index (χ0) is 19.9. The fraction of sp³-hybridized carbons (Fsp3) is 0.550. The largest absolute Gasteiger partial charge is 0.360 e. The Morgan fingerprint density at radius 2 is 1.86 bits per heavy atom. The molecule has 28 heavy (non-hydrogen) atoms. The van der Waals surface area contributed by atoms with Gasteiger partial charge in [0.05, 0.1) is 5.25 Å². The number of nitrogens with zero attached hydrogens (tertiary/aromatic N) is 4. The SMILES string of the molecule is CC(C)CNc1nnc(SC(C)C(=O)N2CCN(Cc3ccccc3)CC2)s1. The van der Waals surface area contributed by atoms with E-state index in [2.05, 4.69) is 58.5 Å². The van der Waals surface area contributed by atoms with E-state index >= 15 is 0 Å². The normalized spacial score (nSPS) is 16.4. The lowest BCUT2D eigenvalue weighted by atomic mass is 10.2. The fourth-order valence-electron chi connectivity index (χ4n) is 3.05. The Bertz CT molecular complexity index is 744. The zero-order valence-electron chi connectivity index (χ0n) is 16.8. The number of thioether (sulfide) groups is 1. The van der Waals surface area contributed by atoms with E-state index in [-0.39, 0.29) is 11.2 Å². The van der Waals surface area contributed by atoms with Crippen molar-refractivity contribution in [2.24, 2.45) is 5.92 Å². The number of rotatable bonds is 8. The Balaban J connectivity index is 1.44. The highest BCUT2D eigenvalue weighted by Gasteiger charge is 2.26. The maximum Gasteiger partial charge on any atom is 0.235 e. The van der Waals surface area contributed by atoms with Gasteiger partial charge in [0.25, 0.3) is 0 Å². The van der Waals surface area contributed by atoms with Crippen LogP contribution in [-0.4, -0.2) is 63.9 Å². The van der Waals surface area contributed by atoms with E-state index in [1.807, 2.05) is 17.9 Å². The summed E-state index contributed by atoms with van der Waals surface area (Å²) >= 11 is 3.02. The predicted molar refractivity (Wildman–Crippen MR) is 117 cm³/mol. The molecule has 0 saturated carbocycles. The lowest BCUT2D eigenvalue weighted by Crippen LogP contribution is -2.50. The smallest absolute Gasteiger partial charge is 0.235 e. The van der Waals surface area contributed by atoms with Crippen molar-refractivity contribution >= 4 is 34.1 Å². The molecule has 0 spiro atoms. The van der Waals surface area contributed by atoms with Gasteiger partial charge in [0.1, 0.15) is 0 Å². The number of aromatic nitrogens is 2. The van der Waals surface area contributed by atoms with Gasteiger partial charge in [-0.15, -0.1) is 10.2 Å². The van der Waals surface area contributed by atoms with Crippen LogP contribution in [0.4, 0.5) is 5.13 Å². The first-order chi connectivity index (χ1) is 13.5. The van der Waals surface area contributed by atoms with Crippen LogP contribution in [-0.2, 0) is 11.3 Å². The van der Waals surface area contributed by atoms with Crippen LogP contribution in [0.5, 0.6) is 0 Å². The number of hydrogen-bond donors (Lipinski definition) is 1. The van der Waals surface area contributed by atoms with Gasteiger partial charge in [-0.1, -0.05) is 67.3 Å². The lowest BCUT2D eigenvalue weighted by molar-refractivity contribution is -0.132. The second kappa shape index (κ2) is 10.2. The zero-order valence-corrected chi connectivity index (χ0v) is 18.4. The minimum Gasteiger partial charge on any atom is -0.360 e. The van der Waals surface area contributed by atoms with Gasteiger partial charge in [-0.05, 0) is 18.4 Å². The van der Waals surface area contributed by atoms with Crippen molar-refractivity contribution in [2.75, 3.05) is 38.0 Å². The van der Waals surface area contributed by atoms with Crippen molar-refractivity contribution in [1.29, 1.82) is 0 Å². The molecule has 1 fully saturated rings. The van der Waals surface area contributed by atoms with Gasteiger partial charge in [-0.25, -0.2) is 0 Å². The molecule has 0 aliphatic carbocycles. The summed E-state index contributed by atoms with van der Waals surface area (Å²) in [4.78, 5) is 17.2. The maximum absolute atomic E-state index is 12.8. The van der Waals surface area contributed by atoms with Crippen molar-refractivity contribution < 1.29 is 4.79 Å². The Hall–Kier alpha value is -1.64. The van der Waals surface area contributed by atoms with Crippen molar-refractivity contribution in [3.8, 4) is 0 Å². The fourth-order valence-corrected chi connectivity index (χ4v) is 5.03. The highest BCUT2D eigenvalue weighted by Crippen LogP contribution is 2.30. The first-order valence-electron chi connectivity index (χ1n) is 9.80. The van der Waals surface area contributed by atoms with Crippen LogP contribution in [0.1, 0.15) is 26.3 Å². The van der Waals surface area contributed by atoms with Gasteiger partial charge in [0, 0.05) is 39.3 Å². The highest BCUT2D eigenvalue weighted by molar-refractivity contribution is 8.02. The molecule has 1 unspecified atom stereocenters. The number of hydrogen-bond acceptors (Lipinski definition) is 7. The lowest BCUT2D eigenvalue weighted by Gasteiger charge is -2.35. The van der Waals surface area contributed by atoms with Crippen LogP contribution in [0, 0.1) is 5.92 Å². The van der Waals surface area contributed by atoms with Crippen LogP contribution in [0.15, 0.2) is 34.7 Å². The molecular formula is C20H29N5OS2. The Morgan fingerprint density at radius 3 is 2.54 bits per heavy atom. The first-order valence-corrected chi connectivity index (χ1v) is 11.5. The molecule has 6 nitrogen and oxygen atoms in total. The molecule has 1 atom stereocenters. The summed E-state index contributed by atoms with van der Waals surface area (Å²) in [7, 11) is 0. The summed E-state index contributed by atoms with van der Waals surface area (Å²) in [5, 5.41) is 12.3. The molecule has 2 aromatic rings. The minimum absolute atomic E-state index is 0.147. The van der Waals surface area contributed by atoms with Crippen LogP contribution in [0.3, 0.4) is 0 Å². The summed E-state index contributed by atoms with van der Waals surface area (Å²) in [6.45, 7) is 11.5. The summed E-state index contributed by atoms with van der Waals surface area (Å²) in [5.41, 5.74) is 1.32. The molecular weight excluding hydrogens is 390 g/mol. The number of carbonyl (C=O) groups is 1. The third kappa shape index (κ3) is 6.18. The Kier molecular flexibility index (Phi) is 7.70. The molecule has 1 aromatic carbocycles. The molecule has 1 saturated heterocycles. The van der Waals surface area contributed by atoms with Crippen molar-refractivity contribution in [1.82, 2.24) is 20.0 Å². The van der Waals surface area contributed by atoms with Crippen molar-refractivity contribution in [3.63, 3.8) is 0 Å². The monoisotopic (exact) mass is 419 g/mol. The molecule has 1 amide bonds. The average Bonchev–Trinajstić information content (AvgIpc) is 3.14. The molecule has 1 aliphatic rings. The molecule has 2 heterocycles. The van der Waals surface area contributed by atoms with Crippen molar-refractivity contribution in [3.05, 3.63) is 35.9 Å². The number of nitrogens with one attached hydrogen (secondary N) is 1. The van der Waals surface area contributed by atoms with Crippen LogP contribution >= 0.6 is 23.1 Å². The Labute approximate surface area is 175 Å². The van der Waals surface area contributed by atoms with Gasteiger partial charge in [-0.3, -0.25) is 9.69 Å². The van der Waals surface area contributed by atoms with Gasteiger partial charge >= 0.3 is 0 Å². The number of piperazine rings is 1. The molecule has 0 radical (unpaired) electrons. The number of benzene rings is 1. The third-order valence-corrected chi connectivity index (χ3v) is 6.68. The van der Waals surface area contributed by atoms with E-state index in [4.69, 9.17) is 0 Å². The summed E-state index contributed by atoms with van der Waals surface area (Å²) in [6, 6.07) is 10.5. The highest BCUT2D eigenvalue weighted by atomic mass is 32.2. The molecule has 152 valence electrons. The van der Waals surface area contributed by atoms with E-state index in [1.54, 1.807) is 0 Å². The van der Waals surface area contributed by atoms with Crippen LogP contribution in [0.2, 0.25) is 0 Å². The van der Waals surface area contributed by atoms with E-state index in [0.29, 0.717) is 5.92 Å². The maximum atomic E-state index is 12.8. The topological polar surface area (TPSA) is 61.4 Å². The van der Waals surface area contributed by atoms with E-state index in [0.717, 1.165) is 48.7 Å². The van der Waals surface area contributed by atoms with Gasteiger partial charge < -0.3 is 10.2 Å². The molecule has 1 aliphatic heterocycles. The summed E-state index contributed by atoms with van der Waals surface area (Å²) in [6.07, 6.45) is 0. The van der Waals surface area contributed by atoms with Crippen molar-refractivity contribution in [2.45, 2.75) is 36.9 Å². The van der Waals surface area contributed by atoms with Gasteiger partial charge in [0.15, 0.2) is 4.34 Å². The standard InChI is InChI=1S/C20H29N5OS2/c1-15(2)13-21-19-22-23-20(28-19)27-16(3)18(26)25-11-9-24(10-12-25)14-17-7-5-4-6-8-17/h4-8,15-16H,9-14H2,1-3H3,(H,21,22). The number of carbonyl (C=O) groups excluding carboxylic acids is 1.